The van der Waals surface area contributed by atoms with Crippen molar-refractivity contribution in [2.24, 2.45) is 0 Å². The summed E-state index contributed by atoms with van der Waals surface area (Å²) in [7, 11) is 3.27. The molecule has 0 fully saturated rings. The first-order valence-electron chi connectivity index (χ1n) is 4.90. The molecule has 0 saturated carbocycles. The van der Waals surface area contributed by atoms with E-state index in [2.05, 4.69) is 26.5 Å². The number of halogens is 1. The summed E-state index contributed by atoms with van der Waals surface area (Å²) in [4.78, 5) is 15.3. The van der Waals surface area contributed by atoms with Crippen LogP contribution in [-0.4, -0.2) is 25.0 Å². The molecule has 0 aliphatic heterocycles. The van der Waals surface area contributed by atoms with E-state index in [9.17, 15) is 9.18 Å². The number of nitrogens with one attached hydrogen (secondary N) is 4. The average Bonchev–Trinajstić information content (AvgIpc) is 2.32. The van der Waals surface area contributed by atoms with Crippen molar-refractivity contribution < 1.29 is 9.18 Å². The molecule has 4 N–H and O–H groups in total. The third kappa shape index (κ3) is 3.72. The summed E-state index contributed by atoms with van der Waals surface area (Å²) in [6, 6.07) is 1.38. The molecule has 1 rings (SSSR count). The van der Waals surface area contributed by atoms with E-state index >= 15 is 0 Å². The molecule has 1 aromatic heterocycles. The molecule has 0 saturated heterocycles. The molecular weight excluding hydrogens is 225 g/mol. The van der Waals surface area contributed by atoms with Gasteiger partial charge in [0.25, 0.3) is 5.91 Å². The molecular formula is C10H14FN5O. The highest BCUT2D eigenvalue weighted by molar-refractivity contribution is 6.03. The number of nitrogens with zero attached hydrogens (tertiary/aromatic N) is 1. The summed E-state index contributed by atoms with van der Waals surface area (Å²) < 4.78 is 13.2. The normalized spacial score (nSPS) is 10.9. The van der Waals surface area contributed by atoms with Gasteiger partial charge < -0.3 is 16.1 Å². The van der Waals surface area contributed by atoms with Crippen LogP contribution in [0.2, 0.25) is 0 Å². The van der Waals surface area contributed by atoms with Crippen molar-refractivity contribution in [3.05, 3.63) is 36.2 Å². The van der Waals surface area contributed by atoms with E-state index < -0.39 is 11.7 Å². The quantitative estimate of drug-likeness (QED) is 0.428. The van der Waals surface area contributed by atoms with Crippen LogP contribution in [0, 0.1) is 5.82 Å². The van der Waals surface area contributed by atoms with Gasteiger partial charge in [0, 0.05) is 26.5 Å². The average molecular weight is 239 g/mol. The largest absolute Gasteiger partial charge is 0.392 e. The van der Waals surface area contributed by atoms with Crippen molar-refractivity contribution in [3.8, 4) is 0 Å². The van der Waals surface area contributed by atoms with Crippen LogP contribution >= 0.6 is 0 Å². The molecule has 0 bridgehead atoms. The van der Waals surface area contributed by atoms with Crippen molar-refractivity contribution >= 4 is 11.6 Å². The van der Waals surface area contributed by atoms with Gasteiger partial charge in [-0.25, -0.2) is 9.82 Å². The Kier molecular flexibility index (Phi) is 4.89. The summed E-state index contributed by atoms with van der Waals surface area (Å²) in [5.74, 6) is -1.06. The van der Waals surface area contributed by atoms with Crippen LogP contribution in [0.5, 0.6) is 0 Å². The van der Waals surface area contributed by atoms with Gasteiger partial charge in [-0.1, -0.05) is 0 Å². The van der Waals surface area contributed by atoms with Gasteiger partial charge in [0.2, 0.25) is 0 Å². The van der Waals surface area contributed by atoms with E-state index in [0.29, 0.717) is 0 Å². The van der Waals surface area contributed by atoms with Gasteiger partial charge in [0.1, 0.15) is 5.70 Å². The van der Waals surface area contributed by atoms with E-state index in [0.717, 1.165) is 6.20 Å². The minimum Gasteiger partial charge on any atom is -0.392 e. The first kappa shape index (κ1) is 12.9. The minimum atomic E-state index is -0.589. The highest BCUT2D eigenvalue weighted by atomic mass is 19.1. The van der Waals surface area contributed by atoms with Crippen LogP contribution in [0.15, 0.2) is 30.4 Å². The molecule has 1 amide bonds. The topological polar surface area (TPSA) is 78.1 Å². The van der Waals surface area contributed by atoms with Crippen LogP contribution in [-0.2, 0) is 4.79 Å². The fraction of sp³-hybridized carbons (Fsp3) is 0.200. The highest BCUT2D eigenvalue weighted by Crippen LogP contribution is 2.11. The molecule has 0 spiro atoms. The molecule has 1 heterocycles. The lowest BCUT2D eigenvalue weighted by atomic mass is 10.3. The Bertz CT molecular complexity index is 421. The minimum absolute atomic E-state index is 0.0740. The number of hydrazine groups is 1. The van der Waals surface area contributed by atoms with E-state index in [4.69, 9.17) is 0 Å². The Morgan fingerprint density at radius 3 is 2.82 bits per heavy atom. The van der Waals surface area contributed by atoms with Gasteiger partial charge >= 0.3 is 0 Å². The molecule has 6 nitrogen and oxygen atoms in total. The lowest BCUT2D eigenvalue weighted by Gasteiger charge is -2.10. The van der Waals surface area contributed by atoms with Crippen molar-refractivity contribution in [2.45, 2.75) is 0 Å². The molecule has 0 unspecified atom stereocenters. The summed E-state index contributed by atoms with van der Waals surface area (Å²) in [5.41, 5.74) is 5.53. The van der Waals surface area contributed by atoms with Gasteiger partial charge in [-0.15, -0.1) is 0 Å². The van der Waals surface area contributed by atoms with Gasteiger partial charge in [0.05, 0.1) is 11.9 Å². The monoisotopic (exact) mass is 239 g/mol. The smallest absolute Gasteiger partial charge is 0.274 e. The van der Waals surface area contributed by atoms with Crippen molar-refractivity contribution in [1.82, 2.24) is 21.2 Å². The van der Waals surface area contributed by atoms with Gasteiger partial charge in [-0.05, 0) is 6.07 Å². The van der Waals surface area contributed by atoms with Crippen molar-refractivity contribution in [3.63, 3.8) is 0 Å². The SMILES string of the molecule is CN/C=C(\NNC)C(=O)Nc1ccncc1F. The van der Waals surface area contributed by atoms with E-state index in [1.54, 1.807) is 14.1 Å². The maximum absolute atomic E-state index is 13.2. The Hall–Kier alpha value is -2.15. The maximum Gasteiger partial charge on any atom is 0.274 e. The molecule has 0 aliphatic rings. The number of aromatic nitrogens is 1. The zero-order chi connectivity index (χ0) is 12.7. The van der Waals surface area contributed by atoms with Crippen LogP contribution in [0.1, 0.15) is 0 Å². The zero-order valence-electron chi connectivity index (χ0n) is 9.54. The second-order valence-corrected chi connectivity index (χ2v) is 3.03. The number of rotatable bonds is 5. The van der Waals surface area contributed by atoms with Crippen LogP contribution in [0.4, 0.5) is 10.1 Å². The number of anilines is 1. The molecule has 92 valence electrons. The summed E-state index contributed by atoms with van der Waals surface area (Å²) >= 11 is 0. The number of carbonyl (C=O) groups excluding carboxylic acids is 1. The Morgan fingerprint density at radius 1 is 1.47 bits per heavy atom. The third-order valence-electron chi connectivity index (χ3n) is 1.81. The maximum atomic E-state index is 13.2. The summed E-state index contributed by atoms with van der Waals surface area (Å²) in [6.07, 6.45) is 3.87. The molecule has 0 aliphatic carbocycles. The Labute approximate surface area is 98.3 Å². The summed E-state index contributed by atoms with van der Waals surface area (Å²) in [5, 5.41) is 5.12. The molecule has 0 radical (unpaired) electrons. The number of amides is 1. The zero-order valence-corrected chi connectivity index (χ0v) is 9.54. The van der Waals surface area contributed by atoms with E-state index in [1.165, 1.54) is 18.5 Å². The molecule has 1 aromatic rings. The van der Waals surface area contributed by atoms with Gasteiger partial charge in [-0.2, -0.15) is 0 Å². The van der Waals surface area contributed by atoms with Crippen molar-refractivity contribution in [2.75, 3.05) is 19.4 Å². The number of pyridine rings is 1. The molecule has 17 heavy (non-hydrogen) atoms. The number of hydrogen-bond acceptors (Lipinski definition) is 5. The van der Waals surface area contributed by atoms with E-state index in [-0.39, 0.29) is 11.4 Å². The van der Waals surface area contributed by atoms with E-state index in [1.807, 2.05) is 0 Å². The van der Waals surface area contributed by atoms with Crippen LogP contribution < -0.4 is 21.5 Å². The van der Waals surface area contributed by atoms with Crippen LogP contribution in [0.25, 0.3) is 0 Å². The van der Waals surface area contributed by atoms with Gasteiger partial charge in [-0.3, -0.25) is 9.78 Å². The predicted molar refractivity (Wildman–Crippen MR) is 62.2 cm³/mol. The Morgan fingerprint density at radius 2 is 2.24 bits per heavy atom. The first-order chi connectivity index (χ1) is 8.19. The number of hydrogen-bond donors (Lipinski definition) is 4. The fourth-order valence-corrected chi connectivity index (χ4v) is 1.10. The molecule has 7 heteroatoms. The second-order valence-electron chi connectivity index (χ2n) is 3.03. The molecule has 0 aromatic carbocycles. The van der Waals surface area contributed by atoms with Crippen molar-refractivity contribution in [1.29, 1.82) is 0 Å². The lowest BCUT2D eigenvalue weighted by molar-refractivity contribution is -0.113. The highest BCUT2D eigenvalue weighted by Gasteiger charge is 2.11. The van der Waals surface area contributed by atoms with Crippen LogP contribution in [0.3, 0.4) is 0 Å². The summed E-state index contributed by atoms with van der Waals surface area (Å²) in [6.45, 7) is 0. The standard InChI is InChI=1S/C10H14FN5O/c1-12-6-9(16-13-2)10(17)15-8-3-4-14-5-7(8)11/h3-6,12-13,16H,1-2H3,(H,14,15,17)/b9-6-. The fourth-order valence-electron chi connectivity index (χ4n) is 1.10. The molecule has 0 atom stereocenters. The lowest BCUT2D eigenvalue weighted by Crippen LogP contribution is -2.34. The predicted octanol–water partition coefficient (Wildman–Crippen LogP) is -0.0560. The third-order valence-corrected chi connectivity index (χ3v) is 1.81. The van der Waals surface area contributed by atoms with Gasteiger partial charge in [0.15, 0.2) is 5.82 Å². The second kappa shape index (κ2) is 6.44. The number of carbonyl (C=O) groups is 1. The first-order valence-corrected chi connectivity index (χ1v) is 4.90. The Balaban J connectivity index is 2.77.